The molecule has 1 aliphatic heterocycles. The molecule has 7 heteroatoms. The zero-order valence-corrected chi connectivity index (χ0v) is 24.6. The highest BCUT2D eigenvalue weighted by molar-refractivity contribution is 7.82. The third-order valence-corrected chi connectivity index (χ3v) is 7.95. The largest absolute Gasteiger partial charge is 0.295 e. The number of carbonyl (C=O) groups is 1. The molecule has 198 valence electrons. The Bertz CT molecular complexity index is 945. The van der Waals surface area contributed by atoms with Crippen LogP contribution in [0.5, 0.6) is 0 Å². The minimum atomic E-state index is -1.24. The Morgan fingerprint density at radius 2 is 1.77 bits per heavy atom. The molecule has 1 fully saturated rings. The molecule has 2 aliphatic rings. The molecule has 2 unspecified atom stereocenters. The van der Waals surface area contributed by atoms with Crippen LogP contribution in [0.25, 0.3) is 4.96 Å². The number of carbonyl (C=O) groups excluding carboxylic acids is 1. The van der Waals surface area contributed by atoms with Gasteiger partial charge in [-0.15, -0.1) is 24.5 Å². The van der Waals surface area contributed by atoms with Crippen molar-refractivity contribution in [2.75, 3.05) is 13.1 Å². The van der Waals surface area contributed by atoms with Crippen LogP contribution >= 0.6 is 11.3 Å². The number of hydrogen-bond acceptors (Lipinski definition) is 4. The molecular weight excluding hydrogens is 474 g/mol. The van der Waals surface area contributed by atoms with Gasteiger partial charge >= 0.3 is 0 Å². The molecule has 0 bridgehead atoms. The topological polar surface area (TPSA) is 54.7 Å². The third kappa shape index (κ3) is 8.96. The van der Waals surface area contributed by atoms with E-state index in [1.165, 1.54) is 5.57 Å². The van der Waals surface area contributed by atoms with Crippen LogP contribution in [0.1, 0.15) is 87.0 Å². The lowest BCUT2D eigenvalue weighted by molar-refractivity contribution is -0.115. The van der Waals surface area contributed by atoms with E-state index in [9.17, 15) is 9.00 Å². The fraction of sp³-hybridized carbons (Fsp3) is 0.571. The van der Waals surface area contributed by atoms with Gasteiger partial charge in [-0.05, 0) is 50.5 Å². The second-order valence-electron chi connectivity index (χ2n) is 7.48. The van der Waals surface area contributed by atoms with Gasteiger partial charge in [-0.3, -0.25) is 9.20 Å². The Morgan fingerprint density at radius 1 is 1.11 bits per heavy atom. The summed E-state index contributed by atoms with van der Waals surface area (Å²) in [7, 11) is -1.24. The highest BCUT2D eigenvalue weighted by Crippen LogP contribution is 2.47. The highest BCUT2D eigenvalue weighted by Gasteiger charge is 2.39. The van der Waals surface area contributed by atoms with Crippen molar-refractivity contribution in [2.24, 2.45) is 5.41 Å². The van der Waals surface area contributed by atoms with Gasteiger partial charge in [0.2, 0.25) is 0 Å². The maximum atomic E-state index is 13.2. The molecule has 1 aliphatic carbocycles. The van der Waals surface area contributed by atoms with Crippen LogP contribution in [-0.2, 0) is 15.8 Å². The number of hydrogen-bond donors (Lipinski definition) is 0. The van der Waals surface area contributed by atoms with Gasteiger partial charge in [0.25, 0.3) is 0 Å². The van der Waals surface area contributed by atoms with E-state index in [0.717, 1.165) is 48.6 Å². The van der Waals surface area contributed by atoms with Gasteiger partial charge in [0.05, 0.1) is 6.20 Å². The zero-order chi connectivity index (χ0) is 26.9. The van der Waals surface area contributed by atoms with Gasteiger partial charge in [-0.2, -0.15) is 0 Å². The molecule has 0 amide bonds. The summed E-state index contributed by atoms with van der Waals surface area (Å²) in [6.07, 6.45) is 14.5. The lowest BCUT2D eigenvalue weighted by Crippen LogP contribution is -2.31. The predicted octanol–water partition coefficient (Wildman–Crippen LogP) is 8.03. The number of aromatic nitrogens is 2. The summed E-state index contributed by atoms with van der Waals surface area (Å²) < 4.78 is 17.1. The van der Waals surface area contributed by atoms with E-state index in [2.05, 4.69) is 18.1 Å². The van der Waals surface area contributed by atoms with E-state index in [-0.39, 0.29) is 11.2 Å². The molecule has 2 aromatic heterocycles. The molecule has 0 spiro atoms. The summed E-state index contributed by atoms with van der Waals surface area (Å²) in [5.41, 5.74) is 1.32. The number of ketones is 1. The van der Waals surface area contributed by atoms with Crippen molar-refractivity contribution in [3.8, 4) is 0 Å². The smallest absolute Gasteiger partial charge is 0.194 e. The third-order valence-electron chi connectivity index (χ3n) is 5.69. The standard InChI is InChI=1S/C19H23N3O2S2.C3H6.3C2H6/c1-2-3-6-19-7-4-16(23)13-15(19)5-9-21(10-8-19)26(24)17-14-20-18-22(17)11-12-25-18;1-3-2;3*1-2/h2,11-14H,1,3-10H2;3H,1H2,2H3;3*1-2H3. The summed E-state index contributed by atoms with van der Waals surface area (Å²) in [6, 6.07) is 0. The Kier molecular flexibility index (Phi) is 17.5. The maximum Gasteiger partial charge on any atom is 0.194 e. The molecule has 5 nitrogen and oxygen atoms in total. The second kappa shape index (κ2) is 18.4. The molecule has 3 heterocycles. The normalized spacial score (nSPS) is 19.9. The van der Waals surface area contributed by atoms with Crippen LogP contribution in [-0.4, -0.2) is 36.8 Å². The van der Waals surface area contributed by atoms with Crippen molar-refractivity contribution < 1.29 is 9.00 Å². The van der Waals surface area contributed by atoms with Gasteiger partial charge in [-0.25, -0.2) is 13.5 Å². The number of fused-ring (bicyclic) bond motifs is 2. The van der Waals surface area contributed by atoms with Crippen LogP contribution in [0.3, 0.4) is 0 Å². The molecule has 0 N–H and O–H groups in total. The molecule has 0 aromatic carbocycles. The fourth-order valence-corrected chi connectivity index (χ4v) is 6.17. The van der Waals surface area contributed by atoms with Crippen LogP contribution in [0, 0.1) is 5.41 Å². The van der Waals surface area contributed by atoms with Crippen molar-refractivity contribution in [2.45, 2.75) is 92.0 Å². The molecule has 35 heavy (non-hydrogen) atoms. The summed E-state index contributed by atoms with van der Waals surface area (Å²) in [4.78, 5) is 17.2. The molecule has 0 saturated carbocycles. The average Bonchev–Trinajstić information content (AvgIpc) is 3.47. The highest BCUT2D eigenvalue weighted by atomic mass is 32.2. The van der Waals surface area contributed by atoms with Crippen molar-refractivity contribution in [3.05, 3.63) is 54.7 Å². The summed E-state index contributed by atoms with van der Waals surface area (Å²) in [5.74, 6) is 0.236. The van der Waals surface area contributed by atoms with Crippen molar-refractivity contribution in [1.29, 1.82) is 0 Å². The van der Waals surface area contributed by atoms with E-state index in [4.69, 9.17) is 0 Å². The van der Waals surface area contributed by atoms with E-state index < -0.39 is 11.0 Å². The van der Waals surface area contributed by atoms with Gasteiger partial charge in [0.1, 0.15) is 16.0 Å². The lowest BCUT2D eigenvalue weighted by atomic mass is 9.67. The van der Waals surface area contributed by atoms with Gasteiger partial charge < -0.3 is 0 Å². The first-order valence-corrected chi connectivity index (χ1v) is 15.0. The first-order valence-electron chi connectivity index (χ1n) is 13.0. The van der Waals surface area contributed by atoms with Crippen molar-refractivity contribution in [3.63, 3.8) is 0 Å². The lowest BCUT2D eigenvalue weighted by Gasteiger charge is -2.37. The quantitative estimate of drug-likeness (QED) is 0.374. The summed E-state index contributed by atoms with van der Waals surface area (Å²) in [5, 5.41) is 2.69. The summed E-state index contributed by atoms with van der Waals surface area (Å²) in [6.45, 7) is 22.6. The van der Waals surface area contributed by atoms with Gasteiger partial charge in [-0.1, -0.05) is 59.3 Å². The number of nitrogens with zero attached hydrogens (tertiary/aromatic N) is 3. The Morgan fingerprint density at radius 3 is 2.40 bits per heavy atom. The Labute approximate surface area is 220 Å². The molecule has 2 atom stereocenters. The summed E-state index contributed by atoms with van der Waals surface area (Å²) >= 11 is 1.54. The molecular formula is C28H47N3O2S2. The zero-order valence-electron chi connectivity index (χ0n) is 23.0. The monoisotopic (exact) mass is 521 g/mol. The first-order chi connectivity index (χ1) is 17.0. The van der Waals surface area contributed by atoms with Crippen molar-refractivity contribution in [1.82, 2.24) is 13.7 Å². The number of allylic oxidation sites excluding steroid dienone is 3. The Hall–Kier alpha value is -1.83. The first kappa shape index (κ1) is 33.2. The van der Waals surface area contributed by atoms with E-state index >= 15 is 0 Å². The van der Waals surface area contributed by atoms with Gasteiger partial charge in [0, 0.05) is 31.1 Å². The van der Waals surface area contributed by atoms with E-state index in [1.54, 1.807) is 23.6 Å². The minimum absolute atomic E-state index is 0.0656. The number of thiazole rings is 1. The Balaban J connectivity index is 0.00000115. The molecule has 0 radical (unpaired) electrons. The van der Waals surface area contributed by atoms with Gasteiger partial charge in [0.15, 0.2) is 10.7 Å². The number of rotatable bonds is 5. The fourth-order valence-electron chi connectivity index (χ4n) is 4.18. The second-order valence-corrected chi connectivity index (χ2v) is 9.79. The molecule has 2 aromatic rings. The average molecular weight is 522 g/mol. The molecule has 1 saturated heterocycles. The van der Waals surface area contributed by atoms with Crippen LogP contribution in [0.15, 0.2) is 59.8 Å². The SMILES string of the molecule is C=CC.C=CCCC12CCC(=O)C=C1CCN(S(=O)c1cnc3sccn13)CC2.CC.CC.CC. The van der Waals surface area contributed by atoms with E-state index in [1.807, 2.05) is 80.9 Å². The molecule has 4 rings (SSSR count). The maximum absolute atomic E-state index is 13.2. The predicted molar refractivity (Wildman–Crippen MR) is 154 cm³/mol. The van der Waals surface area contributed by atoms with Crippen molar-refractivity contribution >= 4 is 33.1 Å². The minimum Gasteiger partial charge on any atom is -0.295 e. The van der Waals surface area contributed by atoms with E-state index in [0.29, 0.717) is 13.0 Å². The number of imidazole rings is 1. The van der Waals surface area contributed by atoms with Crippen LogP contribution in [0.4, 0.5) is 0 Å². The van der Waals surface area contributed by atoms with Crippen LogP contribution in [0.2, 0.25) is 0 Å². The van der Waals surface area contributed by atoms with Crippen LogP contribution < -0.4 is 0 Å².